The van der Waals surface area contributed by atoms with E-state index in [1.54, 1.807) is 0 Å². The van der Waals surface area contributed by atoms with Crippen molar-refractivity contribution in [2.24, 2.45) is 59.2 Å². The summed E-state index contributed by atoms with van der Waals surface area (Å²) in [6.07, 6.45) is 2.48. The molecule has 9 nitrogen and oxygen atoms in total. The first-order chi connectivity index (χ1) is 24.1. The topological polar surface area (TPSA) is 114 Å². The zero-order valence-electron chi connectivity index (χ0n) is 30.5. The van der Waals surface area contributed by atoms with Gasteiger partial charge in [-0.25, -0.2) is 9.59 Å². The van der Waals surface area contributed by atoms with Gasteiger partial charge in [-0.3, -0.25) is 9.59 Å². The van der Waals surface area contributed by atoms with Crippen LogP contribution in [0, 0.1) is 59.2 Å². The standard InChI is InChI=1S/C42H50O9/c1-39(2,3)49-37(45)41-31-25-17-28(30(19-25)36(44)48-22-24-15-11-8-12-16-24)34(31)42(51-41,38(46)50-40(4,5)6)32-26-18-27(33(32)41)29(20-26)35(43)47-21-23-13-9-7-10-14-23/h7-16,25-34H,17-22H2,1-6H3/t25-,26-,27+,28+,29-,30-,31-,32-,33+,34+,41-,42-/m0/s1. The fourth-order valence-electron chi connectivity index (χ4n) is 11.7. The lowest BCUT2D eigenvalue weighted by atomic mass is 9.48. The maximum atomic E-state index is 14.9. The van der Waals surface area contributed by atoms with Crippen LogP contribution in [0.5, 0.6) is 0 Å². The van der Waals surface area contributed by atoms with E-state index >= 15 is 0 Å². The lowest BCUT2D eigenvalue weighted by Crippen LogP contribution is -2.63. The first kappa shape index (κ1) is 34.4. The van der Waals surface area contributed by atoms with E-state index in [0.717, 1.165) is 11.1 Å². The van der Waals surface area contributed by atoms with Crippen LogP contribution in [-0.4, -0.2) is 46.3 Å². The van der Waals surface area contributed by atoms with Gasteiger partial charge in [-0.05, 0) is 102 Å². The van der Waals surface area contributed by atoms with Crippen molar-refractivity contribution in [2.45, 2.75) is 103 Å². The third kappa shape index (κ3) is 5.35. The van der Waals surface area contributed by atoms with Crippen LogP contribution in [0.2, 0.25) is 0 Å². The SMILES string of the molecule is CC(C)(C)OC(=O)[C@]12O[C@](C(=O)OC(C)(C)C)([C@@H]3[C@@H]4C[C@@H](C[C@@H]4C(=O)OCc4ccccc4)[C@@H]31)[C@H]1[C@H]3C[C@@H]([C@H]12)[C@@H](C(=O)OCc1ccccc1)C3. The highest BCUT2D eigenvalue weighted by molar-refractivity contribution is 5.91. The number of fused-ring (bicyclic) bond motifs is 16. The summed E-state index contributed by atoms with van der Waals surface area (Å²) in [5.41, 5.74) is -2.71. The minimum absolute atomic E-state index is 0.0605. The molecular formula is C42H50O9. The highest BCUT2D eigenvalue weighted by Crippen LogP contribution is 2.81. The first-order valence-corrected chi connectivity index (χ1v) is 18.7. The minimum Gasteiger partial charge on any atom is -0.461 e. The molecule has 9 heteroatoms. The third-order valence-electron chi connectivity index (χ3n) is 12.8. The quantitative estimate of drug-likeness (QED) is 0.227. The van der Waals surface area contributed by atoms with Gasteiger partial charge in [0.2, 0.25) is 0 Å². The molecule has 4 aliphatic carbocycles. The fraction of sp³-hybridized carbons (Fsp3) is 0.619. The molecule has 12 atom stereocenters. The summed E-state index contributed by atoms with van der Waals surface area (Å²) >= 11 is 0. The van der Waals surface area contributed by atoms with E-state index < -0.39 is 58.0 Å². The molecule has 0 aromatic heterocycles. The third-order valence-corrected chi connectivity index (χ3v) is 12.8. The lowest BCUT2D eigenvalue weighted by molar-refractivity contribution is -0.202. The Labute approximate surface area is 300 Å². The van der Waals surface area contributed by atoms with Gasteiger partial charge in [0, 0.05) is 23.7 Å². The van der Waals surface area contributed by atoms with E-state index in [1.807, 2.05) is 102 Å². The van der Waals surface area contributed by atoms with Crippen molar-refractivity contribution in [2.75, 3.05) is 0 Å². The minimum atomic E-state index is -1.45. The van der Waals surface area contributed by atoms with Gasteiger partial charge in [-0.15, -0.1) is 0 Å². The van der Waals surface area contributed by atoms with E-state index in [2.05, 4.69) is 0 Å². The Balaban J connectivity index is 1.16. The molecule has 0 radical (unpaired) electrons. The zero-order chi connectivity index (χ0) is 36.1. The number of benzene rings is 2. The summed E-state index contributed by atoms with van der Waals surface area (Å²) < 4.78 is 31.5. The Morgan fingerprint density at radius 1 is 0.588 bits per heavy atom. The fourth-order valence-corrected chi connectivity index (χ4v) is 11.7. The zero-order valence-corrected chi connectivity index (χ0v) is 30.5. The smallest absolute Gasteiger partial charge is 0.339 e. The van der Waals surface area contributed by atoms with E-state index in [1.165, 1.54) is 0 Å². The van der Waals surface area contributed by atoms with Gasteiger partial charge in [-0.2, -0.15) is 0 Å². The van der Waals surface area contributed by atoms with Crippen LogP contribution in [0.3, 0.4) is 0 Å². The first-order valence-electron chi connectivity index (χ1n) is 18.7. The number of carbonyl (C=O) groups is 4. The summed E-state index contributed by atoms with van der Waals surface area (Å²) in [6, 6.07) is 19.2. The maximum Gasteiger partial charge on any atom is 0.339 e. The number of carbonyl (C=O) groups excluding carboxylic acids is 4. The molecule has 2 saturated heterocycles. The molecule has 0 unspecified atom stereocenters. The highest BCUT2D eigenvalue weighted by Gasteiger charge is 2.90. The monoisotopic (exact) mass is 698 g/mol. The molecule has 2 aromatic rings. The predicted octanol–water partition coefficient (Wildman–Crippen LogP) is 6.45. The van der Waals surface area contributed by atoms with Crippen LogP contribution in [-0.2, 0) is 56.1 Å². The lowest BCUT2D eigenvalue weighted by Gasteiger charge is -2.51. The Hall–Kier alpha value is -3.72. The average Bonchev–Trinajstić information content (AvgIpc) is 3.91. The van der Waals surface area contributed by atoms with Crippen molar-refractivity contribution in [3.63, 3.8) is 0 Å². The second-order valence-electron chi connectivity index (χ2n) is 18.0. The molecule has 6 fully saturated rings. The normalized spacial score (nSPS) is 38.2. The van der Waals surface area contributed by atoms with E-state index in [0.29, 0.717) is 25.7 Å². The molecule has 272 valence electrons. The molecule has 0 amide bonds. The molecular weight excluding hydrogens is 648 g/mol. The molecule has 0 spiro atoms. The number of hydrogen-bond acceptors (Lipinski definition) is 9. The Bertz CT molecular complexity index is 1580. The predicted molar refractivity (Wildman–Crippen MR) is 184 cm³/mol. The maximum absolute atomic E-state index is 14.9. The van der Waals surface area contributed by atoms with Crippen molar-refractivity contribution >= 4 is 23.9 Å². The van der Waals surface area contributed by atoms with Crippen molar-refractivity contribution in [1.82, 2.24) is 0 Å². The van der Waals surface area contributed by atoms with Crippen LogP contribution in [0.1, 0.15) is 78.4 Å². The molecule has 2 aromatic carbocycles. The Morgan fingerprint density at radius 3 is 1.31 bits per heavy atom. The molecule has 8 rings (SSSR count). The van der Waals surface area contributed by atoms with Crippen LogP contribution in [0.4, 0.5) is 0 Å². The van der Waals surface area contributed by atoms with Crippen LogP contribution in [0.25, 0.3) is 0 Å². The second-order valence-corrected chi connectivity index (χ2v) is 18.0. The van der Waals surface area contributed by atoms with Crippen LogP contribution >= 0.6 is 0 Å². The Morgan fingerprint density at radius 2 is 0.961 bits per heavy atom. The summed E-state index contributed by atoms with van der Waals surface area (Å²) in [7, 11) is 0. The van der Waals surface area contributed by atoms with E-state index in [9.17, 15) is 19.2 Å². The summed E-state index contributed by atoms with van der Waals surface area (Å²) in [5, 5.41) is 0. The average molecular weight is 699 g/mol. The highest BCUT2D eigenvalue weighted by atomic mass is 16.6. The second kappa shape index (κ2) is 11.9. The van der Waals surface area contributed by atoms with Crippen molar-refractivity contribution in [3.8, 4) is 0 Å². The Kier molecular flexibility index (Phi) is 8.02. The summed E-state index contributed by atoms with van der Waals surface area (Å²) in [4.78, 5) is 57.4. The molecule has 51 heavy (non-hydrogen) atoms. The molecule has 2 aliphatic heterocycles. The van der Waals surface area contributed by atoms with Crippen molar-refractivity contribution in [1.29, 1.82) is 0 Å². The number of rotatable bonds is 8. The molecule has 6 aliphatic rings. The number of esters is 4. The van der Waals surface area contributed by atoms with E-state index in [4.69, 9.17) is 23.7 Å². The molecule has 2 heterocycles. The number of ether oxygens (including phenoxy) is 5. The summed E-state index contributed by atoms with van der Waals surface area (Å²) in [5.74, 6) is -4.43. The van der Waals surface area contributed by atoms with Crippen LogP contribution < -0.4 is 0 Å². The van der Waals surface area contributed by atoms with Crippen LogP contribution in [0.15, 0.2) is 60.7 Å². The molecule has 6 bridgehead atoms. The molecule has 0 N–H and O–H groups in total. The van der Waals surface area contributed by atoms with Crippen molar-refractivity contribution in [3.05, 3.63) is 71.8 Å². The van der Waals surface area contributed by atoms with Crippen molar-refractivity contribution < 1.29 is 42.9 Å². The van der Waals surface area contributed by atoms with E-state index in [-0.39, 0.29) is 60.7 Å². The summed E-state index contributed by atoms with van der Waals surface area (Å²) in [6.45, 7) is 11.4. The molecule has 4 saturated carbocycles. The van der Waals surface area contributed by atoms with Gasteiger partial charge >= 0.3 is 23.9 Å². The number of hydrogen-bond donors (Lipinski definition) is 0. The van der Waals surface area contributed by atoms with Gasteiger partial charge in [0.15, 0.2) is 11.2 Å². The van der Waals surface area contributed by atoms with Gasteiger partial charge < -0.3 is 23.7 Å². The largest absolute Gasteiger partial charge is 0.461 e. The van der Waals surface area contributed by atoms with Gasteiger partial charge in [0.05, 0.1) is 11.8 Å². The van der Waals surface area contributed by atoms with Gasteiger partial charge in [0.1, 0.15) is 24.4 Å². The van der Waals surface area contributed by atoms with Gasteiger partial charge in [0.25, 0.3) is 0 Å². The van der Waals surface area contributed by atoms with Gasteiger partial charge in [-0.1, -0.05) is 60.7 Å².